The zero-order chi connectivity index (χ0) is 10.7. The highest BCUT2D eigenvalue weighted by molar-refractivity contribution is 5.84. The normalized spacial score (nSPS) is 10.2. The van der Waals surface area contributed by atoms with Crippen LogP contribution in [0.15, 0.2) is 17.2 Å². The molecule has 0 aromatic carbocycles. The molecule has 0 aliphatic heterocycles. The number of nitrogens with zero attached hydrogens (tertiary/aromatic N) is 5. The van der Waals surface area contributed by atoms with Crippen LogP contribution < -0.4 is 0 Å². The zero-order valence-corrected chi connectivity index (χ0v) is 7.82. The first-order valence-electron chi connectivity index (χ1n) is 4.02. The van der Waals surface area contributed by atoms with Gasteiger partial charge in [-0.3, -0.25) is 0 Å². The van der Waals surface area contributed by atoms with Gasteiger partial charge in [0.25, 0.3) is 5.82 Å². The Hall–Kier alpha value is -2.25. The lowest BCUT2D eigenvalue weighted by Gasteiger charge is -1.93. The lowest BCUT2D eigenvalue weighted by Crippen LogP contribution is -2.07. The van der Waals surface area contributed by atoms with Gasteiger partial charge >= 0.3 is 5.97 Å². The molecule has 8 nitrogen and oxygen atoms in total. The molecule has 0 aliphatic carbocycles. The van der Waals surface area contributed by atoms with E-state index < -0.39 is 5.97 Å². The average molecular weight is 209 g/mol. The van der Waals surface area contributed by atoms with Gasteiger partial charge in [0.15, 0.2) is 5.82 Å². The molecule has 15 heavy (non-hydrogen) atoms. The van der Waals surface area contributed by atoms with E-state index in [1.807, 2.05) is 0 Å². The van der Waals surface area contributed by atoms with E-state index >= 15 is 0 Å². The summed E-state index contributed by atoms with van der Waals surface area (Å²) in [5, 5.41) is 7.46. The maximum absolute atomic E-state index is 11.0. The van der Waals surface area contributed by atoms with E-state index in [0.717, 1.165) is 0 Å². The van der Waals surface area contributed by atoms with E-state index in [9.17, 15) is 4.79 Å². The van der Waals surface area contributed by atoms with Crippen LogP contribution in [0.2, 0.25) is 0 Å². The number of carbonyl (C=O) groups is 1. The number of ether oxygens (including phenoxy) is 1. The molecule has 0 saturated heterocycles. The summed E-state index contributed by atoms with van der Waals surface area (Å²) in [6.07, 6.45) is 2.61. The van der Waals surface area contributed by atoms with Gasteiger partial charge in [0.1, 0.15) is 12.9 Å². The first-order valence-corrected chi connectivity index (χ1v) is 4.02. The smallest absolute Gasteiger partial charge is 0.377 e. The van der Waals surface area contributed by atoms with Crippen molar-refractivity contribution < 1.29 is 14.1 Å². The van der Waals surface area contributed by atoms with Gasteiger partial charge in [-0.05, 0) is 0 Å². The molecular formula is C7H7N5O3. The molecule has 8 heteroatoms. The Morgan fingerprint density at radius 3 is 3.13 bits per heavy atom. The molecule has 0 bridgehead atoms. The van der Waals surface area contributed by atoms with E-state index in [2.05, 4.69) is 29.5 Å². The van der Waals surface area contributed by atoms with E-state index in [1.165, 1.54) is 24.5 Å². The Balaban J connectivity index is 2.11. The minimum Gasteiger partial charge on any atom is -0.463 e. The van der Waals surface area contributed by atoms with Gasteiger partial charge in [0.05, 0.1) is 7.11 Å². The lowest BCUT2D eigenvalue weighted by molar-refractivity contribution is 0.0586. The molecule has 78 valence electrons. The van der Waals surface area contributed by atoms with Crippen molar-refractivity contribution in [1.82, 2.24) is 24.9 Å². The monoisotopic (exact) mass is 209 g/mol. The summed E-state index contributed by atoms with van der Waals surface area (Å²) in [6.45, 7) is 0.292. The first kappa shape index (κ1) is 9.31. The zero-order valence-electron chi connectivity index (χ0n) is 7.82. The fourth-order valence-corrected chi connectivity index (χ4v) is 0.963. The summed E-state index contributed by atoms with van der Waals surface area (Å²) in [6, 6.07) is 0. The molecular weight excluding hydrogens is 202 g/mol. The molecule has 2 heterocycles. The third-order valence-corrected chi connectivity index (χ3v) is 1.61. The van der Waals surface area contributed by atoms with Crippen LogP contribution in [0.4, 0.5) is 0 Å². The van der Waals surface area contributed by atoms with Crippen molar-refractivity contribution in [2.24, 2.45) is 0 Å². The maximum atomic E-state index is 11.0. The van der Waals surface area contributed by atoms with Gasteiger partial charge < -0.3 is 9.26 Å². The number of esters is 1. The Bertz CT molecular complexity index is 449. The van der Waals surface area contributed by atoms with Gasteiger partial charge in [-0.25, -0.2) is 14.5 Å². The van der Waals surface area contributed by atoms with Crippen LogP contribution in [0.25, 0.3) is 0 Å². The van der Waals surface area contributed by atoms with Gasteiger partial charge in [0, 0.05) is 0 Å². The van der Waals surface area contributed by atoms with Crippen molar-refractivity contribution in [2.75, 3.05) is 7.11 Å². The SMILES string of the molecule is COC(=O)c1ncn(Cc2ncon2)n1. The molecule has 0 aliphatic rings. The predicted molar refractivity (Wildman–Crippen MR) is 44.8 cm³/mol. The number of methoxy groups -OCH3 is 1. The third kappa shape index (κ3) is 1.98. The lowest BCUT2D eigenvalue weighted by atomic mass is 10.6. The van der Waals surface area contributed by atoms with Gasteiger partial charge in [-0.2, -0.15) is 4.98 Å². The third-order valence-electron chi connectivity index (χ3n) is 1.61. The molecule has 0 radical (unpaired) electrons. The van der Waals surface area contributed by atoms with Crippen molar-refractivity contribution in [3.05, 3.63) is 24.4 Å². The van der Waals surface area contributed by atoms with Gasteiger partial charge in [-0.1, -0.05) is 5.16 Å². The molecule has 0 unspecified atom stereocenters. The number of carbonyl (C=O) groups excluding carboxylic acids is 1. The van der Waals surface area contributed by atoms with Crippen LogP contribution in [0.5, 0.6) is 0 Å². The molecule has 2 rings (SSSR count). The fourth-order valence-electron chi connectivity index (χ4n) is 0.963. The molecule has 0 spiro atoms. The van der Waals surface area contributed by atoms with Crippen LogP contribution in [0.1, 0.15) is 16.4 Å². The van der Waals surface area contributed by atoms with Crippen molar-refractivity contribution in [3.63, 3.8) is 0 Å². The van der Waals surface area contributed by atoms with E-state index in [-0.39, 0.29) is 5.82 Å². The minimum atomic E-state index is -0.582. The first-order chi connectivity index (χ1) is 7.29. The molecule has 0 saturated carbocycles. The quantitative estimate of drug-likeness (QED) is 0.628. The van der Waals surface area contributed by atoms with Crippen LogP contribution in [0.3, 0.4) is 0 Å². The van der Waals surface area contributed by atoms with Crippen LogP contribution >= 0.6 is 0 Å². The summed E-state index contributed by atoms with van der Waals surface area (Å²) < 4.78 is 10.4. The Morgan fingerprint density at radius 1 is 1.60 bits per heavy atom. The number of rotatable bonds is 3. The van der Waals surface area contributed by atoms with Crippen molar-refractivity contribution in [1.29, 1.82) is 0 Å². The molecule has 2 aromatic heterocycles. The van der Waals surface area contributed by atoms with E-state index in [1.54, 1.807) is 0 Å². The summed E-state index contributed by atoms with van der Waals surface area (Å²) in [5.74, 6) is -0.126. The molecule has 0 fully saturated rings. The predicted octanol–water partition coefficient (Wildman–Crippen LogP) is -0.504. The van der Waals surface area contributed by atoms with E-state index in [4.69, 9.17) is 0 Å². The minimum absolute atomic E-state index is 0.000921. The average Bonchev–Trinajstić information content (AvgIpc) is 2.88. The maximum Gasteiger partial charge on any atom is 0.377 e. The standard InChI is InChI=1S/C7H7N5O3/c1-14-7(13)6-8-3-12(10-6)2-5-9-4-15-11-5/h3-4H,2H2,1H3. The topological polar surface area (TPSA) is 95.9 Å². The number of aromatic nitrogens is 5. The Labute approximate surface area is 83.9 Å². The highest BCUT2D eigenvalue weighted by Gasteiger charge is 2.11. The summed E-state index contributed by atoms with van der Waals surface area (Å²) in [5.41, 5.74) is 0. The second-order valence-electron chi connectivity index (χ2n) is 2.60. The van der Waals surface area contributed by atoms with Gasteiger partial charge in [-0.15, -0.1) is 5.10 Å². The van der Waals surface area contributed by atoms with Crippen molar-refractivity contribution in [2.45, 2.75) is 6.54 Å². The number of hydrogen-bond donors (Lipinski definition) is 0. The second-order valence-corrected chi connectivity index (χ2v) is 2.60. The highest BCUT2D eigenvalue weighted by Crippen LogP contribution is 1.96. The van der Waals surface area contributed by atoms with Crippen LogP contribution in [-0.4, -0.2) is 38.0 Å². The summed E-state index contributed by atoms with van der Waals surface area (Å²) >= 11 is 0. The largest absolute Gasteiger partial charge is 0.463 e. The van der Waals surface area contributed by atoms with Gasteiger partial charge in [0.2, 0.25) is 6.39 Å². The molecule has 0 amide bonds. The fraction of sp³-hybridized carbons (Fsp3) is 0.286. The van der Waals surface area contributed by atoms with Crippen LogP contribution in [-0.2, 0) is 11.3 Å². The summed E-state index contributed by atoms with van der Waals surface area (Å²) in [4.78, 5) is 18.6. The van der Waals surface area contributed by atoms with Crippen molar-refractivity contribution in [3.8, 4) is 0 Å². The van der Waals surface area contributed by atoms with Crippen LogP contribution in [0, 0.1) is 0 Å². The molecule has 2 aromatic rings. The van der Waals surface area contributed by atoms with Crippen molar-refractivity contribution >= 4 is 5.97 Å². The Morgan fingerprint density at radius 2 is 2.47 bits per heavy atom. The molecule has 0 N–H and O–H groups in total. The molecule has 0 atom stereocenters. The number of hydrogen-bond acceptors (Lipinski definition) is 7. The Kier molecular flexibility index (Phi) is 2.40. The van der Waals surface area contributed by atoms with E-state index in [0.29, 0.717) is 12.4 Å². The highest BCUT2D eigenvalue weighted by atomic mass is 16.5. The second kappa shape index (κ2) is 3.86. The summed E-state index contributed by atoms with van der Waals surface area (Å²) in [7, 11) is 1.27.